The predicted octanol–water partition coefficient (Wildman–Crippen LogP) is 1.69. The predicted molar refractivity (Wildman–Crippen MR) is 112 cm³/mol. The summed E-state index contributed by atoms with van der Waals surface area (Å²) in [6.07, 6.45) is 1.28. The molecule has 0 bridgehead atoms. The monoisotopic (exact) mass is 465 g/mol. The quantitative estimate of drug-likeness (QED) is 0.688. The van der Waals surface area contributed by atoms with Crippen molar-refractivity contribution in [2.45, 2.75) is 38.1 Å². The highest BCUT2D eigenvalue weighted by atomic mass is 79.9. The van der Waals surface area contributed by atoms with E-state index in [-0.39, 0.29) is 11.9 Å². The Morgan fingerprint density at radius 3 is 2.10 bits per heavy atom. The minimum atomic E-state index is -0.597. The standard InChI is InChI=1S/C21H28BrN3O4/c1-15(2)23-18(26)19(27)24-9-11-25(12-10-24)20(28)21(7-13-29-14-8-21)16-3-5-17(22)6-4-16/h3-6,15H,7-14H2,1-2H3,(H,23,26). The fourth-order valence-electron chi connectivity index (χ4n) is 4.00. The van der Waals surface area contributed by atoms with Crippen molar-refractivity contribution < 1.29 is 19.1 Å². The number of hydrogen-bond donors (Lipinski definition) is 1. The molecule has 3 rings (SSSR count). The van der Waals surface area contributed by atoms with Gasteiger partial charge in [0.2, 0.25) is 5.91 Å². The molecule has 0 radical (unpaired) electrons. The summed E-state index contributed by atoms with van der Waals surface area (Å²) in [7, 11) is 0. The lowest BCUT2D eigenvalue weighted by Crippen LogP contribution is -2.58. The summed E-state index contributed by atoms with van der Waals surface area (Å²) >= 11 is 3.46. The number of halogens is 1. The van der Waals surface area contributed by atoms with Gasteiger partial charge in [-0.1, -0.05) is 28.1 Å². The number of nitrogens with one attached hydrogen (secondary N) is 1. The molecular formula is C21H28BrN3O4. The van der Waals surface area contributed by atoms with Gasteiger partial charge in [0.1, 0.15) is 0 Å². The van der Waals surface area contributed by atoms with Gasteiger partial charge in [0, 0.05) is 49.9 Å². The van der Waals surface area contributed by atoms with Crippen LogP contribution in [0.25, 0.3) is 0 Å². The topological polar surface area (TPSA) is 79.0 Å². The Bertz CT molecular complexity index is 752. The van der Waals surface area contributed by atoms with E-state index in [9.17, 15) is 14.4 Å². The van der Waals surface area contributed by atoms with Gasteiger partial charge in [0.05, 0.1) is 5.41 Å². The average molecular weight is 466 g/mol. The van der Waals surface area contributed by atoms with Crippen LogP contribution >= 0.6 is 15.9 Å². The molecule has 7 nitrogen and oxygen atoms in total. The van der Waals surface area contributed by atoms with Crippen LogP contribution < -0.4 is 5.32 Å². The van der Waals surface area contributed by atoms with E-state index in [4.69, 9.17) is 4.74 Å². The van der Waals surface area contributed by atoms with Crippen molar-refractivity contribution in [2.24, 2.45) is 0 Å². The zero-order valence-electron chi connectivity index (χ0n) is 16.9. The maximum Gasteiger partial charge on any atom is 0.312 e. The van der Waals surface area contributed by atoms with Gasteiger partial charge in [-0.2, -0.15) is 0 Å². The molecular weight excluding hydrogens is 438 g/mol. The number of hydrogen-bond acceptors (Lipinski definition) is 4. The number of ether oxygens (including phenoxy) is 1. The molecule has 8 heteroatoms. The van der Waals surface area contributed by atoms with Crippen molar-refractivity contribution in [3.05, 3.63) is 34.3 Å². The fourth-order valence-corrected chi connectivity index (χ4v) is 4.26. The van der Waals surface area contributed by atoms with Crippen LogP contribution in [0.1, 0.15) is 32.3 Å². The minimum absolute atomic E-state index is 0.0850. The Balaban J connectivity index is 1.70. The van der Waals surface area contributed by atoms with Crippen molar-refractivity contribution >= 4 is 33.7 Å². The third-order valence-corrected chi connectivity index (χ3v) is 6.15. The van der Waals surface area contributed by atoms with Crippen molar-refractivity contribution in [1.82, 2.24) is 15.1 Å². The largest absolute Gasteiger partial charge is 0.381 e. The summed E-state index contributed by atoms with van der Waals surface area (Å²) in [6, 6.07) is 7.84. The third kappa shape index (κ3) is 4.80. The summed E-state index contributed by atoms with van der Waals surface area (Å²) in [5, 5.41) is 2.63. The van der Waals surface area contributed by atoms with E-state index in [1.54, 1.807) is 0 Å². The smallest absolute Gasteiger partial charge is 0.312 e. The molecule has 0 saturated carbocycles. The molecule has 158 valence electrons. The molecule has 1 N–H and O–H groups in total. The van der Waals surface area contributed by atoms with Gasteiger partial charge in [-0.25, -0.2) is 0 Å². The molecule has 3 amide bonds. The van der Waals surface area contributed by atoms with Crippen molar-refractivity contribution in [1.29, 1.82) is 0 Å². The molecule has 2 heterocycles. The number of nitrogens with zero attached hydrogens (tertiary/aromatic N) is 2. The highest BCUT2D eigenvalue weighted by Gasteiger charge is 2.44. The van der Waals surface area contributed by atoms with Crippen LogP contribution in [-0.2, 0) is 24.5 Å². The number of benzene rings is 1. The number of amides is 3. The average Bonchev–Trinajstić information content (AvgIpc) is 2.73. The van der Waals surface area contributed by atoms with E-state index in [0.717, 1.165) is 10.0 Å². The zero-order valence-corrected chi connectivity index (χ0v) is 18.5. The molecule has 29 heavy (non-hydrogen) atoms. The lowest BCUT2D eigenvalue weighted by molar-refractivity contribution is -0.150. The van der Waals surface area contributed by atoms with Crippen LogP contribution in [0.5, 0.6) is 0 Å². The molecule has 2 aliphatic rings. The van der Waals surface area contributed by atoms with Crippen LogP contribution in [0.2, 0.25) is 0 Å². The van der Waals surface area contributed by atoms with Crippen LogP contribution in [0.3, 0.4) is 0 Å². The van der Waals surface area contributed by atoms with Gasteiger partial charge in [0.25, 0.3) is 0 Å². The summed E-state index contributed by atoms with van der Waals surface area (Å²) in [5.41, 5.74) is 0.406. The second-order valence-corrected chi connectivity index (χ2v) is 8.83. The Hall–Kier alpha value is -1.93. The summed E-state index contributed by atoms with van der Waals surface area (Å²) in [6.45, 7) is 6.32. The third-order valence-electron chi connectivity index (χ3n) is 5.62. The molecule has 0 atom stereocenters. The highest BCUT2D eigenvalue weighted by molar-refractivity contribution is 9.10. The Morgan fingerprint density at radius 2 is 1.55 bits per heavy atom. The second kappa shape index (κ2) is 9.26. The number of piperazine rings is 1. The number of carbonyl (C=O) groups is 3. The van der Waals surface area contributed by atoms with E-state index < -0.39 is 17.2 Å². The van der Waals surface area contributed by atoms with Gasteiger partial charge in [-0.05, 0) is 44.4 Å². The molecule has 0 spiro atoms. The van der Waals surface area contributed by atoms with E-state index in [0.29, 0.717) is 52.2 Å². The van der Waals surface area contributed by atoms with Crippen molar-refractivity contribution in [2.75, 3.05) is 39.4 Å². The molecule has 1 aromatic carbocycles. The molecule has 0 unspecified atom stereocenters. The molecule has 2 fully saturated rings. The zero-order chi connectivity index (χ0) is 21.0. The van der Waals surface area contributed by atoms with E-state index in [1.165, 1.54) is 4.90 Å². The van der Waals surface area contributed by atoms with Crippen LogP contribution in [0.4, 0.5) is 0 Å². The van der Waals surface area contributed by atoms with Gasteiger partial charge in [-0.15, -0.1) is 0 Å². The summed E-state index contributed by atoms with van der Waals surface area (Å²) < 4.78 is 6.51. The summed E-state index contributed by atoms with van der Waals surface area (Å²) in [4.78, 5) is 41.2. The van der Waals surface area contributed by atoms with E-state index in [1.807, 2.05) is 43.0 Å². The van der Waals surface area contributed by atoms with Crippen molar-refractivity contribution in [3.63, 3.8) is 0 Å². The number of rotatable bonds is 3. The van der Waals surface area contributed by atoms with Crippen molar-refractivity contribution in [3.8, 4) is 0 Å². The van der Waals surface area contributed by atoms with Gasteiger partial charge in [-0.3, -0.25) is 14.4 Å². The van der Waals surface area contributed by atoms with Crippen LogP contribution in [0, 0.1) is 0 Å². The van der Waals surface area contributed by atoms with Gasteiger partial charge < -0.3 is 19.9 Å². The first-order valence-corrected chi connectivity index (χ1v) is 10.9. The molecule has 2 aliphatic heterocycles. The Labute approximate surface area is 179 Å². The van der Waals surface area contributed by atoms with Crippen LogP contribution in [0.15, 0.2) is 28.7 Å². The normalized spacial score (nSPS) is 19.2. The first kappa shape index (κ1) is 21.8. The summed E-state index contributed by atoms with van der Waals surface area (Å²) in [5.74, 6) is -1.03. The lowest BCUT2D eigenvalue weighted by atomic mass is 9.73. The highest BCUT2D eigenvalue weighted by Crippen LogP contribution is 2.37. The molecule has 1 aromatic rings. The first-order chi connectivity index (χ1) is 13.8. The maximum absolute atomic E-state index is 13.6. The molecule has 0 aromatic heterocycles. The fraction of sp³-hybridized carbons (Fsp3) is 0.571. The van der Waals surface area contributed by atoms with Gasteiger partial charge >= 0.3 is 11.8 Å². The second-order valence-electron chi connectivity index (χ2n) is 7.91. The number of carbonyl (C=O) groups excluding carboxylic acids is 3. The van der Waals surface area contributed by atoms with E-state index >= 15 is 0 Å². The van der Waals surface area contributed by atoms with Crippen LogP contribution in [-0.4, -0.2) is 73.0 Å². The SMILES string of the molecule is CC(C)NC(=O)C(=O)N1CCN(C(=O)C2(c3ccc(Br)cc3)CCOCC2)CC1. The van der Waals surface area contributed by atoms with E-state index in [2.05, 4.69) is 21.2 Å². The lowest BCUT2D eigenvalue weighted by Gasteiger charge is -2.43. The first-order valence-electron chi connectivity index (χ1n) is 10.1. The van der Waals surface area contributed by atoms with Gasteiger partial charge in [0.15, 0.2) is 0 Å². The molecule has 0 aliphatic carbocycles. The molecule has 2 saturated heterocycles. The Morgan fingerprint density at radius 1 is 1.00 bits per heavy atom. The maximum atomic E-state index is 13.6. The minimum Gasteiger partial charge on any atom is -0.381 e. The Kier molecular flexibility index (Phi) is 6.95.